The van der Waals surface area contributed by atoms with Crippen LogP contribution in [0.2, 0.25) is 25.7 Å². The number of ether oxygens (including phenoxy) is 1. The standard InChI is InChI=1S/C16H19N5S.C6H16OSi/c1-16(17)4-2-7-21(10-16)12-3-5-18-14-13(12)11(9-20-14)15-19-6-8-22-15;1-7-5-6-8(2,3)4/h3,5-6,8-9H,2,4,7,10,17H2,1H3,(H,18,20);5-6H2,1-4H3. The molecule has 0 saturated carbocycles. The van der Waals surface area contributed by atoms with Crippen molar-refractivity contribution in [1.82, 2.24) is 15.0 Å². The summed E-state index contributed by atoms with van der Waals surface area (Å²) in [5, 5.41) is 4.17. The Morgan fingerprint density at radius 2 is 2.10 bits per heavy atom. The predicted molar refractivity (Wildman–Crippen MR) is 131 cm³/mol. The van der Waals surface area contributed by atoms with Crippen molar-refractivity contribution in [1.29, 1.82) is 0 Å². The molecule has 1 aliphatic rings. The van der Waals surface area contributed by atoms with Gasteiger partial charge in [0.05, 0.1) is 11.1 Å². The molecule has 3 aromatic heterocycles. The molecule has 1 unspecified atom stereocenters. The highest BCUT2D eigenvalue weighted by molar-refractivity contribution is 7.13. The summed E-state index contributed by atoms with van der Waals surface area (Å²) in [5.74, 6) is 0. The largest absolute Gasteiger partial charge is 0.385 e. The van der Waals surface area contributed by atoms with E-state index < -0.39 is 8.07 Å². The Kier molecular flexibility index (Phi) is 7.33. The second kappa shape index (κ2) is 9.59. The van der Waals surface area contributed by atoms with Gasteiger partial charge in [0.2, 0.25) is 0 Å². The number of aromatic nitrogens is 3. The minimum Gasteiger partial charge on any atom is -0.385 e. The van der Waals surface area contributed by atoms with Gasteiger partial charge in [-0.1, -0.05) is 19.6 Å². The SMILES string of the molecule is CC1(N)CCCN(c2ccnc3[nH]cc(-c4nccs4)c23)C1.COCC[Si](C)(C)C. The van der Waals surface area contributed by atoms with Gasteiger partial charge in [0.25, 0.3) is 0 Å². The summed E-state index contributed by atoms with van der Waals surface area (Å²) in [6.07, 6.45) is 7.90. The molecule has 3 N–H and O–H groups in total. The van der Waals surface area contributed by atoms with Crippen LogP contribution in [0.4, 0.5) is 5.69 Å². The summed E-state index contributed by atoms with van der Waals surface area (Å²) in [7, 11) is 0.961. The van der Waals surface area contributed by atoms with Crippen LogP contribution in [0.15, 0.2) is 30.0 Å². The van der Waals surface area contributed by atoms with Gasteiger partial charge < -0.3 is 20.4 Å². The molecule has 164 valence electrons. The molecule has 0 amide bonds. The lowest BCUT2D eigenvalue weighted by atomic mass is 9.92. The summed E-state index contributed by atoms with van der Waals surface area (Å²) >= 11 is 1.65. The maximum atomic E-state index is 6.38. The maximum Gasteiger partial charge on any atom is 0.140 e. The third kappa shape index (κ3) is 5.91. The molecule has 3 aromatic rings. The van der Waals surface area contributed by atoms with E-state index >= 15 is 0 Å². The maximum absolute atomic E-state index is 6.38. The van der Waals surface area contributed by atoms with Crippen molar-refractivity contribution in [2.45, 2.75) is 51.0 Å². The van der Waals surface area contributed by atoms with E-state index in [-0.39, 0.29) is 5.54 Å². The Morgan fingerprint density at radius 1 is 1.30 bits per heavy atom. The Hall–Kier alpha value is -1.74. The first kappa shape index (κ1) is 22.9. The smallest absolute Gasteiger partial charge is 0.140 e. The Labute approximate surface area is 184 Å². The van der Waals surface area contributed by atoms with Crippen LogP contribution in [-0.4, -0.2) is 55.4 Å². The van der Waals surface area contributed by atoms with Crippen molar-refractivity contribution in [3.8, 4) is 10.6 Å². The summed E-state index contributed by atoms with van der Waals surface area (Å²) < 4.78 is 4.95. The lowest BCUT2D eigenvalue weighted by Crippen LogP contribution is -2.52. The van der Waals surface area contributed by atoms with E-state index in [1.165, 1.54) is 11.7 Å². The van der Waals surface area contributed by atoms with Crippen molar-refractivity contribution < 1.29 is 4.74 Å². The number of nitrogens with two attached hydrogens (primary N) is 1. The number of hydrogen-bond acceptors (Lipinski definition) is 6. The zero-order valence-corrected chi connectivity index (χ0v) is 20.7. The van der Waals surface area contributed by atoms with E-state index in [2.05, 4.69) is 52.5 Å². The Bertz CT molecular complexity index is 933. The van der Waals surface area contributed by atoms with Crippen LogP contribution in [0.25, 0.3) is 21.6 Å². The molecule has 0 spiro atoms. The fourth-order valence-corrected chi connectivity index (χ4v) is 5.19. The molecule has 6 nitrogen and oxygen atoms in total. The zero-order valence-electron chi connectivity index (χ0n) is 18.9. The predicted octanol–water partition coefficient (Wildman–Crippen LogP) is 4.98. The average molecular weight is 446 g/mol. The monoisotopic (exact) mass is 445 g/mol. The molecule has 30 heavy (non-hydrogen) atoms. The van der Waals surface area contributed by atoms with Gasteiger partial charge in [-0.05, 0) is 31.9 Å². The number of piperidine rings is 1. The zero-order chi connectivity index (χ0) is 21.8. The fraction of sp³-hybridized carbons (Fsp3) is 0.545. The molecule has 4 heterocycles. The highest BCUT2D eigenvalue weighted by atomic mass is 32.1. The number of methoxy groups -OCH3 is 1. The van der Waals surface area contributed by atoms with E-state index in [0.717, 1.165) is 54.1 Å². The number of H-pyrrole nitrogens is 1. The van der Waals surface area contributed by atoms with Crippen LogP contribution in [0, 0.1) is 0 Å². The number of hydrogen-bond donors (Lipinski definition) is 2. The highest BCUT2D eigenvalue weighted by Crippen LogP contribution is 2.37. The third-order valence-corrected chi connectivity index (χ3v) is 7.85. The lowest BCUT2D eigenvalue weighted by Gasteiger charge is -2.39. The lowest BCUT2D eigenvalue weighted by molar-refractivity contribution is 0.214. The average Bonchev–Trinajstić information content (AvgIpc) is 3.34. The van der Waals surface area contributed by atoms with Gasteiger partial charge in [-0.15, -0.1) is 11.3 Å². The number of pyridine rings is 1. The van der Waals surface area contributed by atoms with Gasteiger partial charge in [0.15, 0.2) is 0 Å². The normalized spacial score (nSPS) is 19.6. The summed E-state index contributed by atoms with van der Waals surface area (Å²) in [5.41, 5.74) is 9.48. The number of anilines is 1. The van der Waals surface area contributed by atoms with Gasteiger partial charge in [0.1, 0.15) is 10.7 Å². The summed E-state index contributed by atoms with van der Waals surface area (Å²) in [4.78, 5) is 14.6. The molecule has 0 aliphatic carbocycles. The highest BCUT2D eigenvalue weighted by Gasteiger charge is 2.28. The number of aromatic amines is 1. The number of rotatable bonds is 5. The fourth-order valence-electron chi connectivity index (χ4n) is 3.71. The van der Waals surface area contributed by atoms with E-state index in [9.17, 15) is 0 Å². The molecule has 0 bridgehead atoms. The van der Waals surface area contributed by atoms with Crippen molar-refractivity contribution in [3.63, 3.8) is 0 Å². The molecule has 4 rings (SSSR count). The van der Waals surface area contributed by atoms with Crippen LogP contribution < -0.4 is 10.6 Å². The van der Waals surface area contributed by atoms with E-state index in [1.807, 2.05) is 24.0 Å². The first-order valence-electron chi connectivity index (χ1n) is 10.6. The van der Waals surface area contributed by atoms with Crippen LogP contribution in [0.3, 0.4) is 0 Å². The molecule has 0 radical (unpaired) electrons. The number of nitrogens with one attached hydrogen (secondary N) is 1. The van der Waals surface area contributed by atoms with Gasteiger partial charge in [-0.2, -0.15) is 0 Å². The molecule has 0 aromatic carbocycles. The molecule has 1 aliphatic heterocycles. The van der Waals surface area contributed by atoms with Crippen molar-refractivity contribution >= 4 is 36.1 Å². The Balaban J connectivity index is 0.000000275. The van der Waals surface area contributed by atoms with Crippen LogP contribution in [0.5, 0.6) is 0 Å². The Morgan fingerprint density at radius 3 is 2.70 bits per heavy atom. The van der Waals surface area contributed by atoms with Crippen molar-refractivity contribution in [2.24, 2.45) is 5.73 Å². The third-order valence-electron chi connectivity index (χ3n) is 5.34. The summed E-state index contributed by atoms with van der Waals surface area (Å²) in [6, 6.07) is 3.37. The minimum absolute atomic E-state index is 0.133. The molecule has 1 fully saturated rings. The van der Waals surface area contributed by atoms with Crippen molar-refractivity contribution in [2.75, 3.05) is 31.7 Å². The van der Waals surface area contributed by atoms with Gasteiger partial charge in [-0.25, -0.2) is 9.97 Å². The molecular formula is C22H35N5OSSi. The number of fused-ring (bicyclic) bond motifs is 1. The molecule has 1 atom stereocenters. The van der Waals surface area contributed by atoms with Crippen LogP contribution in [0.1, 0.15) is 19.8 Å². The number of thiazole rings is 1. The van der Waals surface area contributed by atoms with Crippen LogP contribution in [-0.2, 0) is 4.74 Å². The minimum atomic E-state index is -0.803. The van der Waals surface area contributed by atoms with Crippen LogP contribution >= 0.6 is 11.3 Å². The van der Waals surface area contributed by atoms with Gasteiger partial charge in [-0.3, -0.25) is 0 Å². The van der Waals surface area contributed by atoms with E-state index in [4.69, 9.17) is 10.5 Å². The van der Waals surface area contributed by atoms with Gasteiger partial charge >= 0.3 is 0 Å². The van der Waals surface area contributed by atoms with Gasteiger partial charge in [0, 0.05) is 70.0 Å². The first-order valence-corrected chi connectivity index (χ1v) is 15.2. The van der Waals surface area contributed by atoms with E-state index in [0.29, 0.717) is 0 Å². The molecule has 8 heteroatoms. The summed E-state index contributed by atoms with van der Waals surface area (Å²) in [6.45, 7) is 12.0. The second-order valence-electron chi connectivity index (χ2n) is 9.58. The molecular weight excluding hydrogens is 410 g/mol. The van der Waals surface area contributed by atoms with Crippen molar-refractivity contribution in [3.05, 3.63) is 30.0 Å². The molecule has 1 saturated heterocycles. The first-order chi connectivity index (χ1) is 14.2. The topological polar surface area (TPSA) is 80.1 Å². The quantitative estimate of drug-likeness (QED) is 0.542. The number of nitrogens with zero attached hydrogens (tertiary/aromatic N) is 3. The second-order valence-corrected chi connectivity index (χ2v) is 16.1. The van der Waals surface area contributed by atoms with E-state index in [1.54, 1.807) is 18.4 Å².